The number of aryl methyl sites for hydroxylation is 1. The van der Waals surface area contributed by atoms with Crippen LogP contribution in [0, 0.1) is 6.92 Å². The normalized spacial score (nSPS) is 18.0. The minimum Gasteiger partial charge on any atom is -0.490 e. The summed E-state index contributed by atoms with van der Waals surface area (Å²) in [7, 11) is 0. The van der Waals surface area contributed by atoms with Gasteiger partial charge in [-0.3, -0.25) is 48.5 Å². The largest absolute Gasteiger partial charge is 0.490 e. The third-order valence-corrected chi connectivity index (χ3v) is 12.6. The van der Waals surface area contributed by atoms with E-state index in [1.165, 1.54) is 13.0 Å². The van der Waals surface area contributed by atoms with Crippen molar-refractivity contribution in [2.45, 2.75) is 64.5 Å². The Kier molecular flexibility index (Phi) is 15.6. The van der Waals surface area contributed by atoms with E-state index in [0.717, 1.165) is 69.0 Å². The van der Waals surface area contributed by atoms with E-state index in [2.05, 4.69) is 30.4 Å². The lowest BCUT2D eigenvalue weighted by Gasteiger charge is -2.35. The summed E-state index contributed by atoms with van der Waals surface area (Å²) < 4.78 is 30.1. The molecule has 20 heteroatoms. The molecule has 8 rings (SSSR count). The van der Waals surface area contributed by atoms with Crippen molar-refractivity contribution in [2.75, 3.05) is 102 Å². The molecule has 1 aromatic carbocycles. The third kappa shape index (κ3) is 11.0. The predicted molar refractivity (Wildman–Crippen MR) is 244 cm³/mol. The number of nitrogens with zero attached hydrogens (tertiary/aromatic N) is 7. The van der Waals surface area contributed by atoms with Gasteiger partial charge in [0, 0.05) is 56.8 Å². The van der Waals surface area contributed by atoms with Crippen molar-refractivity contribution in [1.82, 2.24) is 34.6 Å². The van der Waals surface area contributed by atoms with Gasteiger partial charge in [-0.25, -0.2) is 9.97 Å². The topological polar surface area (TPSA) is 226 Å². The van der Waals surface area contributed by atoms with E-state index in [4.69, 9.17) is 28.7 Å². The summed E-state index contributed by atoms with van der Waals surface area (Å²) in [5.41, 5.74) is 2.36. The maximum absolute atomic E-state index is 13.6. The molecule has 3 aromatic heterocycles. The van der Waals surface area contributed by atoms with Crippen molar-refractivity contribution in [3.63, 3.8) is 0 Å². The zero-order chi connectivity index (χ0) is 46.9. The minimum atomic E-state index is -1.04. The number of amides is 4. The predicted octanol–water partition coefficient (Wildman–Crippen LogP) is 3.22. The SMILES string of the molecule is CC(=O)c1c(C)c2cnc(Nc3ccc(N4CCN(CCOCCOCCOCCOCCOc5cccc6c5C(=O)N(C5CCC(=O)NC5=O)C6=O)CC4)cn3)nc2n(C2CCCC2)c1=O. The van der Waals surface area contributed by atoms with Gasteiger partial charge in [0.1, 0.15) is 29.9 Å². The molecule has 1 aliphatic carbocycles. The van der Waals surface area contributed by atoms with Crippen LogP contribution in [0.25, 0.3) is 11.0 Å². The Bertz CT molecular complexity index is 2520. The van der Waals surface area contributed by atoms with Crippen LogP contribution in [0.1, 0.15) is 88.1 Å². The van der Waals surface area contributed by atoms with Gasteiger partial charge < -0.3 is 33.9 Å². The number of Topliss-reactive ketones (excluding diaryl/α,β-unsaturated/α-hetero) is 1. The van der Waals surface area contributed by atoms with E-state index in [1.807, 2.05) is 18.3 Å². The molecular formula is C47H57N9O11. The van der Waals surface area contributed by atoms with Crippen LogP contribution in [0.15, 0.2) is 47.5 Å². The average Bonchev–Trinajstić information content (AvgIpc) is 3.94. The van der Waals surface area contributed by atoms with Crippen LogP contribution in [-0.2, 0) is 28.5 Å². The van der Waals surface area contributed by atoms with Gasteiger partial charge >= 0.3 is 0 Å². The van der Waals surface area contributed by atoms with Gasteiger partial charge in [-0.2, -0.15) is 4.98 Å². The first-order chi connectivity index (χ1) is 32.6. The van der Waals surface area contributed by atoms with Gasteiger partial charge in [-0.1, -0.05) is 18.9 Å². The number of ketones is 1. The highest BCUT2D eigenvalue weighted by molar-refractivity contribution is 6.24. The zero-order valence-corrected chi connectivity index (χ0v) is 38.0. The van der Waals surface area contributed by atoms with Crippen LogP contribution < -0.4 is 25.8 Å². The molecule has 1 atom stereocenters. The number of nitrogens with one attached hydrogen (secondary N) is 2. The Morgan fingerprint density at radius 3 is 2.13 bits per heavy atom. The number of pyridine rings is 2. The van der Waals surface area contributed by atoms with E-state index in [1.54, 1.807) is 29.8 Å². The van der Waals surface area contributed by atoms with Crippen molar-refractivity contribution in [3.05, 3.63) is 75.3 Å². The molecule has 67 heavy (non-hydrogen) atoms. The summed E-state index contributed by atoms with van der Waals surface area (Å²) in [4.78, 5) is 95.6. The summed E-state index contributed by atoms with van der Waals surface area (Å²) in [6.07, 6.45) is 7.48. The van der Waals surface area contributed by atoms with Crippen LogP contribution >= 0.6 is 0 Å². The molecular weight excluding hydrogens is 867 g/mol. The fourth-order valence-corrected chi connectivity index (χ4v) is 9.07. The second kappa shape index (κ2) is 22.1. The summed E-state index contributed by atoms with van der Waals surface area (Å²) in [5, 5.41) is 6.09. The number of aromatic nitrogens is 4. The van der Waals surface area contributed by atoms with Gasteiger partial charge in [-0.05, 0) is 62.9 Å². The number of carbonyl (C=O) groups is 5. The number of fused-ring (bicyclic) bond motifs is 2. The molecule has 356 valence electrons. The van der Waals surface area contributed by atoms with Gasteiger partial charge in [0.05, 0.1) is 81.4 Å². The third-order valence-electron chi connectivity index (χ3n) is 12.6. The Labute approximate surface area is 387 Å². The van der Waals surface area contributed by atoms with Crippen molar-refractivity contribution in [2.24, 2.45) is 0 Å². The van der Waals surface area contributed by atoms with Crippen molar-refractivity contribution in [3.8, 4) is 5.75 Å². The lowest BCUT2D eigenvalue weighted by molar-refractivity contribution is -0.136. The molecule has 0 bridgehead atoms. The highest BCUT2D eigenvalue weighted by Gasteiger charge is 2.46. The molecule has 4 aromatic rings. The molecule has 20 nitrogen and oxygen atoms in total. The number of anilines is 3. The van der Waals surface area contributed by atoms with E-state index >= 15 is 0 Å². The standard InChI is InChI=1S/C47H57N9O11/c1-30-35-29-49-47(52-42(35)55(32-6-3-4-7-32)45(61)40(30)31(2)57)50-38-12-10-33(28-48-38)54-16-14-53(15-17-54)18-19-63-20-21-64-22-23-65-24-25-66-26-27-67-37-9-5-8-34-41(37)46(62)56(44(34)60)36-11-13-39(58)51-43(36)59/h5,8-10,12,28-29,32,36H,3-4,6-7,11,13-27H2,1-2H3,(H,51,58,59)(H,48,49,50,52). The first-order valence-corrected chi connectivity index (χ1v) is 23.0. The molecule has 0 spiro atoms. The second-order valence-electron chi connectivity index (χ2n) is 16.9. The van der Waals surface area contributed by atoms with Crippen LogP contribution in [0.3, 0.4) is 0 Å². The number of imide groups is 2. The molecule has 1 saturated carbocycles. The summed E-state index contributed by atoms with van der Waals surface area (Å²) in [5.74, 6) is -1.40. The van der Waals surface area contributed by atoms with Crippen molar-refractivity contribution in [1.29, 1.82) is 0 Å². The summed E-state index contributed by atoms with van der Waals surface area (Å²) in [6.45, 7) is 11.0. The van der Waals surface area contributed by atoms with Crippen LogP contribution in [0.5, 0.6) is 5.75 Å². The number of hydrogen-bond acceptors (Lipinski definition) is 17. The van der Waals surface area contributed by atoms with Gasteiger partial charge in [-0.15, -0.1) is 0 Å². The zero-order valence-electron chi connectivity index (χ0n) is 38.0. The Morgan fingerprint density at radius 1 is 0.791 bits per heavy atom. The number of benzene rings is 1. The lowest BCUT2D eigenvalue weighted by atomic mass is 10.0. The highest BCUT2D eigenvalue weighted by Crippen LogP contribution is 2.34. The Balaban J connectivity index is 0.656. The minimum absolute atomic E-state index is 0.00495. The molecule has 4 amide bonds. The monoisotopic (exact) mass is 923 g/mol. The molecule has 4 aliphatic rings. The molecule has 3 fully saturated rings. The van der Waals surface area contributed by atoms with E-state index in [0.29, 0.717) is 74.6 Å². The van der Waals surface area contributed by atoms with Crippen LogP contribution in [-0.4, -0.2) is 157 Å². The number of piperidine rings is 1. The smallest absolute Gasteiger partial charge is 0.266 e. The number of hydrogen-bond donors (Lipinski definition) is 2. The fraction of sp³-hybridized carbons (Fsp3) is 0.511. The summed E-state index contributed by atoms with van der Waals surface area (Å²) >= 11 is 0. The lowest BCUT2D eigenvalue weighted by Crippen LogP contribution is -2.54. The van der Waals surface area contributed by atoms with Gasteiger partial charge in [0.2, 0.25) is 17.8 Å². The van der Waals surface area contributed by atoms with E-state index in [-0.39, 0.29) is 65.9 Å². The quantitative estimate of drug-likeness (QED) is 0.0656. The number of carbonyl (C=O) groups excluding carboxylic acids is 5. The number of ether oxygens (including phenoxy) is 5. The Morgan fingerprint density at radius 2 is 1.48 bits per heavy atom. The highest BCUT2D eigenvalue weighted by atomic mass is 16.6. The van der Waals surface area contributed by atoms with E-state index in [9.17, 15) is 28.8 Å². The molecule has 6 heterocycles. The molecule has 3 aliphatic heterocycles. The first-order valence-electron chi connectivity index (χ1n) is 23.0. The Hall–Kier alpha value is -6.19. The molecule has 1 unspecified atom stereocenters. The second-order valence-corrected chi connectivity index (χ2v) is 16.9. The number of rotatable bonds is 22. The summed E-state index contributed by atoms with van der Waals surface area (Å²) in [6, 6.07) is 7.60. The number of piperazine rings is 1. The van der Waals surface area contributed by atoms with E-state index < -0.39 is 29.7 Å². The average molecular weight is 924 g/mol. The van der Waals surface area contributed by atoms with Crippen molar-refractivity contribution >= 4 is 57.9 Å². The first kappa shape index (κ1) is 47.3. The van der Waals surface area contributed by atoms with Gasteiger partial charge in [0.25, 0.3) is 17.4 Å². The van der Waals surface area contributed by atoms with Crippen LogP contribution in [0.4, 0.5) is 17.5 Å². The van der Waals surface area contributed by atoms with Gasteiger partial charge in [0.15, 0.2) is 5.78 Å². The maximum atomic E-state index is 13.6. The molecule has 2 N–H and O–H groups in total. The fourth-order valence-electron chi connectivity index (χ4n) is 9.07. The van der Waals surface area contributed by atoms with Crippen molar-refractivity contribution < 1.29 is 47.7 Å². The molecule has 2 saturated heterocycles. The maximum Gasteiger partial charge on any atom is 0.266 e. The van der Waals surface area contributed by atoms with Crippen LogP contribution in [0.2, 0.25) is 0 Å². The molecule has 0 radical (unpaired) electrons.